The van der Waals surface area contributed by atoms with Crippen molar-refractivity contribution in [2.24, 2.45) is 0 Å². The van der Waals surface area contributed by atoms with Crippen LogP contribution in [-0.2, 0) is 0 Å². The maximum Gasteiger partial charge on any atom is 0.460 e. The minimum Gasteiger partial charge on any atom is -0.215 e. The van der Waals surface area contributed by atoms with Crippen LogP contribution in [0, 0.1) is 0 Å². The first-order chi connectivity index (χ1) is 14.6. The van der Waals surface area contributed by atoms with Crippen molar-refractivity contribution < 1.29 is 105 Å². The molecule has 0 spiro atoms. The molecule has 0 aromatic rings. The normalized spacial score (nSPS) is 16.5. The van der Waals surface area contributed by atoms with Crippen molar-refractivity contribution in [1.29, 1.82) is 0 Å². The lowest BCUT2D eigenvalue weighted by Crippen LogP contribution is -2.65. The largest absolute Gasteiger partial charge is 0.460 e. The highest BCUT2D eigenvalue weighted by Gasteiger charge is 2.88. The molecule has 0 aromatic carbocycles. The SMILES string of the molecule is FC(=C(F)C(F)(C(F)(F)F)C(F)(F)F)C(F)(F)F.FC(F)(F)C(F)(F)C(F)(F)C(F)(F)C(F)(F)F. The molecule has 212 valence electrons. The molecule has 0 aliphatic rings. The van der Waals surface area contributed by atoms with E-state index in [0.29, 0.717) is 0 Å². The third-order valence-corrected chi connectivity index (χ3v) is 3.03. The van der Waals surface area contributed by atoms with Gasteiger partial charge in [-0.3, -0.25) is 0 Å². The van der Waals surface area contributed by atoms with Gasteiger partial charge in [-0.25, -0.2) is 8.78 Å². The van der Waals surface area contributed by atoms with Gasteiger partial charge in [-0.05, 0) is 0 Å². The lowest BCUT2D eigenvalue weighted by atomic mass is 10.0. The Morgan fingerprint density at radius 3 is 0.657 bits per heavy atom. The molecular weight excluding hydrogens is 588 g/mol. The Morgan fingerprint density at radius 2 is 0.514 bits per heavy atom. The summed E-state index contributed by atoms with van der Waals surface area (Å²) in [5.41, 5.74) is -7.07. The molecule has 0 aliphatic carbocycles. The summed E-state index contributed by atoms with van der Waals surface area (Å²) in [6.45, 7) is 0. The number of rotatable bonds is 3. The fourth-order valence-corrected chi connectivity index (χ4v) is 1.24. The quantitative estimate of drug-likeness (QED) is 0.290. The van der Waals surface area contributed by atoms with E-state index in [0.717, 1.165) is 0 Å². The Morgan fingerprint density at radius 1 is 0.286 bits per heavy atom. The van der Waals surface area contributed by atoms with E-state index in [4.69, 9.17) is 0 Å². The van der Waals surface area contributed by atoms with E-state index in [9.17, 15) is 105 Å². The van der Waals surface area contributed by atoms with Crippen LogP contribution in [-0.4, -0.2) is 54.3 Å². The van der Waals surface area contributed by atoms with Crippen LogP contribution >= 0.6 is 0 Å². The number of allylic oxidation sites excluding steroid dienone is 2. The van der Waals surface area contributed by atoms with E-state index in [2.05, 4.69) is 0 Å². The maximum absolute atomic E-state index is 12.6. The molecule has 0 amide bonds. The van der Waals surface area contributed by atoms with Crippen LogP contribution in [0.25, 0.3) is 0 Å². The second-order valence-corrected chi connectivity index (χ2v) is 5.50. The molecule has 0 atom stereocenters. The molecule has 0 aliphatic heterocycles. The molecule has 0 unspecified atom stereocenters. The van der Waals surface area contributed by atoms with Crippen LogP contribution in [0.1, 0.15) is 0 Å². The van der Waals surface area contributed by atoms with Crippen LogP contribution in [0.3, 0.4) is 0 Å². The topological polar surface area (TPSA) is 0 Å². The predicted molar refractivity (Wildman–Crippen MR) is 58.2 cm³/mol. The van der Waals surface area contributed by atoms with Gasteiger partial charge in [0.1, 0.15) is 0 Å². The molecular formula is C11F24. The molecule has 0 saturated heterocycles. The number of hydrogen-bond donors (Lipinski definition) is 0. The monoisotopic (exact) mass is 588 g/mol. The standard InChI is InChI=1S/C6F12.C5F12/c7-1(2(8)4(10,11)12)3(9,5(13,14)15)6(16,17)18;6-1(7,2(8,9)4(12,13)14)3(10,11)5(15,16)17. The van der Waals surface area contributed by atoms with Gasteiger partial charge in [0.15, 0.2) is 5.83 Å². The van der Waals surface area contributed by atoms with Gasteiger partial charge in [-0.15, -0.1) is 0 Å². The Bertz CT molecular complexity index is 703. The minimum absolute atomic E-state index is 4.44. The molecule has 35 heavy (non-hydrogen) atoms. The fraction of sp³-hybridized carbons (Fsp3) is 0.818. The first kappa shape index (κ1) is 35.2. The van der Waals surface area contributed by atoms with Crippen molar-refractivity contribution in [3.63, 3.8) is 0 Å². The molecule has 0 fully saturated rings. The summed E-state index contributed by atoms with van der Waals surface area (Å²) in [6.07, 6.45) is -35.4. The van der Waals surface area contributed by atoms with Gasteiger partial charge in [0.25, 0.3) is 0 Å². The van der Waals surface area contributed by atoms with Gasteiger partial charge in [0, 0.05) is 0 Å². The first-order valence-corrected chi connectivity index (χ1v) is 6.79. The van der Waals surface area contributed by atoms with E-state index < -0.39 is 66.0 Å². The van der Waals surface area contributed by atoms with Crippen LogP contribution < -0.4 is 0 Å². The zero-order chi connectivity index (χ0) is 29.7. The van der Waals surface area contributed by atoms with Crippen molar-refractivity contribution in [2.45, 2.75) is 54.3 Å². The number of hydrogen-bond acceptors (Lipinski definition) is 0. The third-order valence-electron chi connectivity index (χ3n) is 3.03. The van der Waals surface area contributed by atoms with Crippen molar-refractivity contribution in [3.05, 3.63) is 11.7 Å². The summed E-state index contributed by atoms with van der Waals surface area (Å²) in [7, 11) is 0. The summed E-state index contributed by atoms with van der Waals surface area (Å²) in [5, 5.41) is 0. The maximum atomic E-state index is 12.6. The first-order valence-electron chi connectivity index (χ1n) is 6.79. The van der Waals surface area contributed by atoms with Crippen molar-refractivity contribution >= 4 is 0 Å². The Balaban J connectivity index is 0. The number of alkyl halides is 22. The smallest absolute Gasteiger partial charge is 0.215 e. The molecule has 0 saturated carbocycles. The lowest BCUT2D eigenvalue weighted by Gasteiger charge is -2.34. The van der Waals surface area contributed by atoms with Gasteiger partial charge < -0.3 is 0 Å². The predicted octanol–water partition coefficient (Wildman–Crippen LogP) is 8.55. The van der Waals surface area contributed by atoms with E-state index >= 15 is 0 Å². The molecule has 0 aromatic heterocycles. The van der Waals surface area contributed by atoms with Gasteiger partial charge >= 0.3 is 54.3 Å². The molecule has 24 heteroatoms. The zero-order valence-electron chi connectivity index (χ0n) is 14.6. The van der Waals surface area contributed by atoms with Crippen LogP contribution in [0.2, 0.25) is 0 Å². The van der Waals surface area contributed by atoms with Crippen molar-refractivity contribution in [1.82, 2.24) is 0 Å². The van der Waals surface area contributed by atoms with Crippen molar-refractivity contribution in [3.8, 4) is 0 Å². The molecule has 0 radical (unpaired) electrons. The van der Waals surface area contributed by atoms with Crippen LogP contribution in [0.5, 0.6) is 0 Å². The fourth-order valence-electron chi connectivity index (χ4n) is 1.24. The highest BCUT2D eigenvalue weighted by atomic mass is 19.5. The van der Waals surface area contributed by atoms with Crippen LogP contribution in [0.15, 0.2) is 11.7 Å². The van der Waals surface area contributed by atoms with E-state index in [1.807, 2.05) is 0 Å². The zero-order valence-corrected chi connectivity index (χ0v) is 14.6. The van der Waals surface area contributed by atoms with Gasteiger partial charge in [-0.1, -0.05) is 0 Å². The van der Waals surface area contributed by atoms with Gasteiger partial charge in [0.05, 0.1) is 0 Å². The second kappa shape index (κ2) is 9.18. The Labute approximate surface area is 173 Å². The van der Waals surface area contributed by atoms with E-state index in [1.54, 1.807) is 0 Å². The van der Waals surface area contributed by atoms with Crippen LogP contribution in [0.4, 0.5) is 105 Å². The highest BCUT2D eigenvalue weighted by molar-refractivity contribution is 5.23. The average Bonchev–Trinajstić information content (AvgIpc) is 2.55. The van der Waals surface area contributed by atoms with Gasteiger partial charge in [0.2, 0.25) is 5.83 Å². The van der Waals surface area contributed by atoms with Crippen molar-refractivity contribution in [2.75, 3.05) is 0 Å². The molecule has 0 bridgehead atoms. The number of halogens is 24. The molecule has 0 nitrogen and oxygen atoms in total. The van der Waals surface area contributed by atoms with E-state index in [1.165, 1.54) is 0 Å². The molecule has 0 N–H and O–H groups in total. The minimum atomic E-state index is -7.66. The highest BCUT2D eigenvalue weighted by Crippen LogP contribution is 2.57. The van der Waals surface area contributed by atoms with E-state index in [-0.39, 0.29) is 0 Å². The second-order valence-electron chi connectivity index (χ2n) is 5.50. The molecule has 0 rings (SSSR count). The summed E-state index contributed by atoms with van der Waals surface area (Å²) in [6, 6.07) is 0. The summed E-state index contributed by atoms with van der Waals surface area (Å²) in [5.74, 6) is -31.8. The Kier molecular flexibility index (Phi) is 9.23. The summed E-state index contributed by atoms with van der Waals surface area (Å²) >= 11 is 0. The summed E-state index contributed by atoms with van der Waals surface area (Å²) < 4.78 is 281. The summed E-state index contributed by atoms with van der Waals surface area (Å²) in [4.78, 5) is 0. The lowest BCUT2D eigenvalue weighted by molar-refractivity contribution is -0.438. The molecule has 0 heterocycles. The third kappa shape index (κ3) is 6.25. The van der Waals surface area contributed by atoms with Gasteiger partial charge in [-0.2, -0.15) is 96.6 Å². The Hall–Kier alpha value is -1.94. The average molecular weight is 588 g/mol.